The van der Waals surface area contributed by atoms with E-state index in [2.05, 4.69) is 31.0 Å². The third kappa shape index (κ3) is 3.97. The van der Waals surface area contributed by atoms with Crippen LogP contribution >= 0.6 is 0 Å². The Bertz CT molecular complexity index is 139. The van der Waals surface area contributed by atoms with Gasteiger partial charge in [0.2, 0.25) is 0 Å². The highest BCUT2D eigenvalue weighted by Crippen LogP contribution is 2.15. The Morgan fingerprint density at radius 3 is 2.71 bits per heavy atom. The molecule has 1 heterocycles. The van der Waals surface area contributed by atoms with Crippen LogP contribution in [0.3, 0.4) is 0 Å². The van der Waals surface area contributed by atoms with Gasteiger partial charge in [0.15, 0.2) is 0 Å². The molecule has 2 heteroatoms. The lowest BCUT2D eigenvalue weighted by Crippen LogP contribution is -2.36. The van der Waals surface area contributed by atoms with E-state index in [1.807, 2.05) is 0 Å². The SMILES string of the molecule is CCN(CCC1CCCNC1)C(C)C. The van der Waals surface area contributed by atoms with Crippen LogP contribution in [0.15, 0.2) is 0 Å². The molecule has 0 aromatic rings. The van der Waals surface area contributed by atoms with Crippen molar-refractivity contribution in [3.63, 3.8) is 0 Å². The Morgan fingerprint density at radius 1 is 1.43 bits per heavy atom. The molecular formula is C12H26N2. The molecule has 84 valence electrons. The number of nitrogens with one attached hydrogen (secondary N) is 1. The van der Waals surface area contributed by atoms with Crippen molar-refractivity contribution >= 4 is 0 Å². The van der Waals surface area contributed by atoms with E-state index < -0.39 is 0 Å². The van der Waals surface area contributed by atoms with Crippen LogP contribution in [0, 0.1) is 5.92 Å². The van der Waals surface area contributed by atoms with Gasteiger partial charge in [0, 0.05) is 6.04 Å². The molecule has 0 aliphatic carbocycles. The van der Waals surface area contributed by atoms with Crippen LogP contribution in [-0.4, -0.2) is 37.1 Å². The second-order valence-corrected chi connectivity index (χ2v) is 4.72. The summed E-state index contributed by atoms with van der Waals surface area (Å²) < 4.78 is 0. The van der Waals surface area contributed by atoms with Crippen molar-refractivity contribution in [1.29, 1.82) is 0 Å². The van der Waals surface area contributed by atoms with Crippen molar-refractivity contribution in [2.24, 2.45) is 5.92 Å². The fourth-order valence-electron chi connectivity index (χ4n) is 2.30. The summed E-state index contributed by atoms with van der Waals surface area (Å²) in [6.07, 6.45) is 4.18. The maximum atomic E-state index is 3.49. The van der Waals surface area contributed by atoms with Crippen LogP contribution < -0.4 is 5.32 Å². The van der Waals surface area contributed by atoms with Gasteiger partial charge >= 0.3 is 0 Å². The van der Waals surface area contributed by atoms with E-state index >= 15 is 0 Å². The number of nitrogens with zero attached hydrogens (tertiary/aromatic N) is 1. The number of rotatable bonds is 5. The molecule has 1 N–H and O–H groups in total. The Balaban J connectivity index is 2.16. The second-order valence-electron chi connectivity index (χ2n) is 4.72. The normalized spacial score (nSPS) is 23.4. The van der Waals surface area contributed by atoms with E-state index in [0.717, 1.165) is 5.92 Å². The number of hydrogen-bond acceptors (Lipinski definition) is 2. The summed E-state index contributed by atoms with van der Waals surface area (Å²) in [6.45, 7) is 11.8. The minimum absolute atomic E-state index is 0.705. The molecule has 1 fully saturated rings. The third-order valence-corrected chi connectivity index (χ3v) is 3.36. The standard InChI is InChI=1S/C12H26N2/c1-4-14(11(2)3)9-7-12-6-5-8-13-10-12/h11-13H,4-10H2,1-3H3. The maximum absolute atomic E-state index is 3.49. The highest BCUT2D eigenvalue weighted by Gasteiger charge is 2.14. The Morgan fingerprint density at radius 2 is 2.21 bits per heavy atom. The van der Waals surface area contributed by atoms with Gasteiger partial charge in [0.1, 0.15) is 0 Å². The molecule has 0 bridgehead atoms. The van der Waals surface area contributed by atoms with Gasteiger partial charge in [-0.25, -0.2) is 0 Å². The Kier molecular flexibility index (Phi) is 5.49. The lowest BCUT2D eigenvalue weighted by atomic mass is 9.96. The van der Waals surface area contributed by atoms with Crippen LogP contribution in [0.1, 0.15) is 40.0 Å². The van der Waals surface area contributed by atoms with Gasteiger partial charge < -0.3 is 10.2 Å². The first-order valence-electron chi connectivity index (χ1n) is 6.18. The summed E-state index contributed by atoms with van der Waals surface area (Å²) in [6, 6.07) is 0.705. The molecule has 14 heavy (non-hydrogen) atoms. The second kappa shape index (κ2) is 6.41. The van der Waals surface area contributed by atoms with Gasteiger partial charge in [-0.05, 0) is 65.2 Å². The van der Waals surface area contributed by atoms with Crippen LogP contribution in [0.4, 0.5) is 0 Å². The number of hydrogen-bond donors (Lipinski definition) is 1. The van der Waals surface area contributed by atoms with Gasteiger partial charge in [-0.2, -0.15) is 0 Å². The lowest BCUT2D eigenvalue weighted by Gasteiger charge is -2.29. The first kappa shape index (κ1) is 12.0. The first-order chi connectivity index (χ1) is 6.74. The summed E-state index contributed by atoms with van der Waals surface area (Å²) in [7, 11) is 0. The molecule has 1 aliphatic heterocycles. The van der Waals surface area contributed by atoms with Crippen molar-refractivity contribution in [3.05, 3.63) is 0 Å². The minimum atomic E-state index is 0.705. The van der Waals surface area contributed by atoms with Crippen molar-refractivity contribution in [3.8, 4) is 0 Å². The van der Waals surface area contributed by atoms with Crippen molar-refractivity contribution in [2.45, 2.75) is 46.1 Å². The predicted molar refractivity (Wildman–Crippen MR) is 62.6 cm³/mol. The zero-order valence-electron chi connectivity index (χ0n) is 10.1. The summed E-state index contributed by atoms with van der Waals surface area (Å²) in [5.74, 6) is 0.927. The van der Waals surface area contributed by atoms with Gasteiger partial charge in [-0.3, -0.25) is 0 Å². The minimum Gasteiger partial charge on any atom is -0.316 e. The Labute approximate surface area is 89.1 Å². The van der Waals surface area contributed by atoms with Crippen molar-refractivity contribution < 1.29 is 0 Å². The molecule has 1 atom stereocenters. The summed E-state index contributed by atoms with van der Waals surface area (Å²) in [4.78, 5) is 2.56. The average molecular weight is 198 g/mol. The molecule has 1 unspecified atom stereocenters. The van der Waals surface area contributed by atoms with E-state index in [-0.39, 0.29) is 0 Å². The summed E-state index contributed by atoms with van der Waals surface area (Å²) >= 11 is 0. The van der Waals surface area contributed by atoms with Crippen LogP contribution in [-0.2, 0) is 0 Å². The number of piperidine rings is 1. The smallest absolute Gasteiger partial charge is 0.00384 e. The average Bonchev–Trinajstić information content (AvgIpc) is 2.20. The molecule has 0 spiro atoms. The molecule has 1 rings (SSSR count). The monoisotopic (exact) mass is 198 g/mol. The van der Waals surface area contributed by atoms with E-state index in [4.69, 9.17) is 0 Å². The predicted octanol–water partition coefficient (Wildman–Crippen LogP) is 2.11. The Hall–Kier alpha value is -0.0800. The fourth-order valence-corrected chi connectivity index (χ4v) is 2.30. The molecule has 0 aromatic carbocycles. The van der Waals surface area contributed by atoms with Crippen molar-refractivity contribution in [2.75, 3.05) is 26.2 Å². The molecule has 1 aliphatic rings. The molecule has 1 saturated heterocycles. The highest BCUT2D eigenvalue weighted by atomic mass is 15.1. The van der Waals surface area contributed by atoms with E-state index in [0.29, 0.717) is 6.04 Å². The maximum Gasteiger partial charge on any atom is 0.00384 e. The highest BCUT2D eigenvalue weighted by molar-refractivity contribution is 4.71. The topological polar surface area (TPSA) is 15.3 Å². The zero-order valence-corrected chi connectivity index (χ0v) is 10.1. The van der Waals surface area contributed by atoms with E-state index in [9.17, 15) is 0 Å². The fraction of sp³-hybridized carbons (Fsp3) is 1.00. The van der Waals surface area contributed by atoms with Crippen LogP contribution in [0.25, 0.3) is 0 Å². The van der Waals surface area contributed by atoms with E-state index in [1.54, 1.807) is 0 Å². The van der Waals surface area contributed by atoms with Crippen molar-refractivity contribution in [1.82, 2.24) is 10.2 Å². The molecule has 0 amide bonds. The summed E-state index contributed by atoms with van der Waals surface area (Å²) in [5, 5.41) is 3.49. The molecule has 0 saturated carbocycles. The lowest BCUT2D eigenvalue weighted by molar-refractivity contribution is 0.206. The van der Waals surface area contributed by atoms with Gasteiger partial charge in [0.25, 0.3) is 0 Å². The largest absolute Gasteiger partial charge is 0.316 e. The van der Waals surface area contributed by atoms with Gasteiger partial charge in [0.05, 0.1) is 0 Å². The third-order valence-electron chi connectivity index (χ3n) is 3.36. The van der Waals surface area contributed by atoms with Crippen LogP contribution in [0.2, 0.25) is 0 Å². The first-order valence-corrected chi connectivity index (χ1v) is 6.18. The molecular weight excluding hydrogens is 172 g/mol. The molecule has 2 nitrogen and oxygen atoms in total. The van der Waals surface area contributed by atoms with Crippen LogP contribution in [0.5, 0.6) is 0 Å². The zero-order chi connectivity index (χ0) is 10.4. The van der Waals surface area contributed by atoms with Gasteiger partial charge in [-0.1, -0.05) is 6.92 Å². The molecule has 0 aromatic heterocycles. The van der Waals surface area contributed by atoms with Gasteiger partial charge in [-0.15, -0.1) is 0 Å². The summed E-state index contributed by atoms with van der Waals surface area (Å²) in [5.41, 5.74) is 0. The van der Waals surface area contributed by atoms with E-state index in [1.165, 1.54) is 45.4 Å². The quantitative estimate of drug-likeness (QED) is 0.728. The molecule has 0 radical (unpaired) electrons.